The van der Waals surface area contributed by atoms with Crippen LogP contribution in [0.4, 0.5) is 0 Å². The number of piperidine rings is 1. The summed E-state index contributed by atoms with van der Waals surface area (Å²) < 4.78 is 11.2. The van der Waals surface area contributed by atoms with E-state index in [1.807, 2.05) is 25.1 Å². The first kappa shape index (κ1) is 17.6. The van der Waals surface area contributed by atoms with Gasteiger partial charge in [-0.05, 0) is 43.5 Å². The molecule has 4 rings (SSSR count). The molecule has 0 spiro atoms. The molecule has 3 heterocycles. The summed E-state index contributed by atoms with van der Waals surface area (Å²) >= 11 is 0. The van der Waals surface area contributed by atoms with Gasteiger partial charge in [0.2, 0.25) is 11.8 Å². The van der Waals surface area contributed by atoms with Gasteiger partial charge in [-0.1, -0.05) is 5.16 Å². The molecule has 1 saturated heterocycles. The minimum Gasteiger partial charge on any atom is -0.490 e. The molecule has 2 aromatic rings. The second-order valence-corrected chi connectivity index (χ2v) is 7.37. The number of carbonyl (C=O) groups excluding carboxylic acids is 2. The first-order chi connectivity index (χ1) is 13.0. The highest BCUT2D eigenvalue weighted by atomic mass is 16.5. The second-order valence-electron chi connectivity index (χ2n) is 7.37. The number of benzene rings is 1. The number of carbonyl (C=O) groups is 2. The van der Waals surface area contributed by atoms with E-state index in [1.54, 1.807) is 4.90 Å². The quantitative estimate of drug-likeness (QED) is 0.888. The van der Waals surface area contributed by atoms with Crippen LogP contribution in [0.2, 0.25) is 0 Å². The summed E-state index contributed by atoms with van der Waals surface area (Å²) in [6, 6.07) is 7.76. The van der Waals surface area contributed by atoms with E-state index in [4.69, 9.17) is 15.0 Å². The average molecular weight is 369 g/mol. The molecule has 1 aromatic heterocycles. The van der Waals surface area contributed by atoms with Crippen LogP contribution < -0.4 is 10.5 Å². The van der Waals surface area contributed by atoms with E-state index in [0.717, 1.165) is 23.3 Å². The molecule has 1 aromatic carbocycles. The molecule has 0 bridgehead atoms. The fraction of sp³-hybridized carbons (Fsp3) is 0.450. The van der Waals surface area contributed by atoms with Crippen LogP contribution in [-0.4, -0.2) is 41.1 Å². The van der Waals surface area contributed by atoms with Gasteiger partial charge in [-0.25, -0.2) is 0 Å². The zero-order chi connectivity index (χ0) is 19.0. The van der Waals surface area contributed by atoms with E-state index in [0.29, 0.717) is 37.4 Å². The number of ether oxygens (including phenoxy) is 1. The van der Waals surface area contributed by atoms with Gasteiger partial charge in [0.25, 0.3) is 0 Å². The summed E-state index contributed by atoms with van der Waals surface area (Å²) in [7, 11) is 0. The van der Waals surface area contributed by atoms with Crippen LogP contribution in [0.1, 0.15) is 31.0 Å². The number of fused-ring (bicyclic) bond motifs is 1. The Balaban J connectivity index is 1.39. The van der Waals surface area contributed by atoms with Crippen molar-refractivity contribution in [1.29, 1.82) is 0 Å². The second kappa shape index (κ2) is 7.06. The Morgan fingerprint density at radius 2 is 2.04 bits per heavy atom. The summed E-state index contributed by atoms with van der Waals surface area (Å²) in [6.07, 6.45) is 2.51. The molecular weight excluding hydrogens is 346 g/mol. The molecule has 27 heavy (non-hydrogen) atoms. The van der Waals surface area contributed by atoms with Crippen LogP contribution in [0.3, 0.4) is 0 Å². The van der Waals surface area contributed by atoms with Crippen molar-refractivity contribution in [3.05, 3.63) is 35.5 Å². The lowest BCUT2D eigenvalue weighted by atomic mass is 9.96. The molecule has 1 unspecified atom stereocenters. The third kappa shape index (κ3) is 3.67. The van der Waals surface area contributed by atoms with E-state index >= 15 is 0 Å². The topological polar surface area (TPSA) is 98.7 Å². The van der Waals surface area contributed by atoms with Gasteiger partial charge in [0, 0.05) is 37.1 Å². The number of hydrogen-bond donors (Lipinski definition) is 1. The number of amides is 2. The first-order valence-corrected chi connectivity index (χ1v) is 9.32. The molecule has 2 aliphatic heterocycles. The Morgan fingerprint density at radius 1 is 1.26 bits per heavy atom. The van der Waals surface area contributed by atoms with Crippen molar-refractivity contribution in [3.8, 4) is 17.1 Å². The molecule has 0 radical (unpaired) electrons. The number of nitrogens with zero attached hydrogens (tertiary/aromatic N) is 2. The van der Waals surface area contributed by atoms with Gasteiger partial charge in [0.15, 0.2) is 5.76 Å². The third-order valence-corrected chi connectivity index (χ3v) is 5.32. The number of nitrogens with two attached hydrogens (primary N) is 1. The van der Waals surface area contributed by atoms with Crippen molar-refractivity contribution < 1.29 is 18.8 Å². The van der Waals surface area contributed by atoms with Crippen LogP contribution >= 0.6 is 0 Å². The Kier molecular flexibility index (Phi) is 4.59. The number of primary amides is 1. The Labute approximate surface area is 157 Å². The third-order valence-electron chi connectivity index (χ3n) is 5.32. The van der Waals surface area contributed by atoms with E-state index in [-0.39, 0.29) is 30.3 Å². The fourth-order valence-corrected chi connectivity index (χ4v) is 3.79. The Morgan fingerprint density at radius 3 is 2.78 bits per heavy atom. The van der Waals surface area contributed by atoms with Gasteiger partial charge in [-0.3, -0.25) is 9.59 Å². The van der Waals surface area contributed by atoms with Crippen molar-refractivity contribution in [2.75, 3.05) is 13.1 Å². The maximum atomic E-state index is 12.5. The van der Waals surface area contributed by atoms with E-state index in [9.17, 15) is 9.59 Å². The van der Waals surface area contributed by atoms with Crippen LogP contribution in [0.5, 0.6) is 5.75 Å². The van der Waals surface area contributed by atoms with Crippen molar-refractivity contribution in [2.24, 2.45) is 11.7 Å². The smallest absolute Gasteiger partial charge is 0.228 e. The first-order valence-electron chi connectivity index (χ1n) is 9.32. The summed E-state index contributed by atoms with van der Waals surface area (Å²) in [5.74, 6) is 1.15. The van der Waals surface area contributed by atoms with Gasteiger partial charge in [0.1, 0.15) is 11.9 Å². The lowest BCUT2D eigenvalue weighted by Crippen LogP contribution is -2.42. The SMILES string of the molecule is CC1Cc2cc(-c3cc(CC(=O)N4CCC(C(N)=O)CC4)no3)ccc2O1. The van der Waals surface area contributed by atoms with Gasteiger partial charge < -0.3 is 19.9 Å². The minimum atomic E-state index is -0.280. The van der Waals surface area contributed by atoms with Crippen molar-refractivity contribution in [1.82, 2.24) is 10.1 Å². The van der Waals surface area contributed by atoms with Gasteiger partial charge in [-0.15, -0.1) is 0 Å². The minimum absolute atomic E-state index is 0.00560. The average Bonchev–Trinajstić information content (AvgIpc) is 3.26. The predicted octanol–water partition coefficient (Wildman–Crippen LogP) is 1.93. The van der Waals surface area contributed by atoms with Crippen LogP contribution in [0.15, 0.2) is 28.8 Å². The monoisotopic (exact) mass is 369 g/mol. The number of rotatable bonds is 4. The zero-order valence-electron chi connectivity index (χ0n) is 15.3. The maximum absolute atomic E-state index is 12.5. The highest BCUT2D eigenvalue weighted by Gasteiger charge is 2.26. The molecule has 2 N–H and O–H groups in total. The molecular formula is C20H23N3O4. The zero-order valence-corrected chi connectivity index (χ0v) is 15.3. The van der Waals surface area contributed by atoms with Crippen molar-refractivity contribution in [3.63, 3.8) is 0 Å². The molecule has 1 atom stereocenters. The van der Waals surface area contributed by atoms with Gasteiger partial charge >= 0.3 is 0 Å². The summed E-state index contributed by atoms with van der Waals surface area (Å²) in [5.41, 5.74) is 8.04. The van der Waals surface area contributed by atoms with E-state index in [1.165, 1.54) is 0 Å². The molecule has 2 aliphatic rings. The molecule has 142 valence electrons. The largest absolute Gasteiger partial charge is 0.490 e. The number of hydrogen-bond acceptors (Lipinski definition) is 5. The lowest BCUT2D eigenvalue weighted by Gasteiger charge is -2.30. The Bertz CT molecular complexity index is 868. The van der Waals surface area contributed by atoms with Gasteiger partial charge in [0.05, 0.1) is 12.1 Å². The predicted molar refractivity (Wildman–Crippen MR) is 97.9 cm³/mol. The van der Waals surface area contributed by atoms with Crippen LogP contribution in [-0.2, 0) is 22.4 Å². The standard InChI is InChI=1S/C20H23N3O4/c1-12-8-15-9-14(2-3-17(15)26-12)18-10-16(22-27-18)11-19(24)23-6-4-13(5-7-23)20(21)25/h2-3,9-10,12-13H,4-8,11H2,1H3,(H2,21,25). The summed E-state index contributed by atoms with van der Waals surface area (Å²) in [4.78, 5) is 25.5. The molecule has 7 nitrogen and oxygen atoms in total. The van der Waals surface area contributed by atoms with Crippen molar-refractivity contribution in [2.45, 2.75) is 38.7 Å². The highest BCUT2D eigenvalue weighted by Crippen LogP contribution is 2.33. The number of aromatic nitrogens is 1. The van der Waals surface area contributed by atoms with E-state index in [2.05, 4.69) is 11.2 Å². The summed E-state index contributed by atoms with van der Waals surface area (Å²) in [5, 5.41) is 4.05. The Hall–Kier alpha value is -2.83. The van der Waals surface area contributed by atoms with Crippen LogP contribution in [0.25, 0.3) is 11.3 Å². The molecule has 0 aliphatic carbocycles. The lowest BCUT2D eigenvalue weighted by molar-refractivity contribution is -0.134. The normalized spacial score (nSPS) is 19.6. The highest BCUT2D eigenvalue weighted by molar-refractivity contribution is 5.80. The van der Waals surface area contributed by atoms with Crippen LogP contribution in [0, 0.1) is 5.92 Å². The molecule has 1 fully saturated rings. The van der Waals surface area contributed by atoms with Gasteiger partial charge in [-0.2, -0.15) is 0 Å². The van der Waals surface area contributed by atoms with E-state index < -0.39 is 0 Å². The fourth-order valence-electron chi connectivity index (χ4n) is 3.79. The van der Waals surface area contributed by atoms with Crippen molar-refractivity contribution >= 4 is 11.8 Å². The molecule has 2 amide bonds. The molecule has 0 saturated carbocycles. The molecule has 7 heteroatoms. The summed E-state index contributed by atoms with van der Waals surface area (Å²) in [6.45, 7) is 3.16. The maximum Gasteiger partial charge on any atom is 0.228 e. The number of likely N-dealkylation sites (tertiary alicyclic amines) is 1.